The zero-order valence-corrected chi connectivity index (χ0v) is 9.97. The van der Waals surface area contributed by atoms with E-state index in [0.717, 1.165) is 12.2 Å². The zero-order valence-electron chi connectivity index (χ0n) is 9.97. The largest absolute Gasteiger partial charge is 0.372 e. The molecule has 0 radical (unpaired) electrons. The predicted molar refractivity (Wildman–Crippen MR) is 58.0 cm³/mol. The molecule has 0 atom stereocenters. The second kappa shape index (κ2) is 4.14. The van der Waals surface area contributed by atoms with Crippen molar-refractivity contribution < 1.29 is 9.53 Å². The number of carbonyl (C=O) groups excluding carboxylic acids is 1. The lowest BCUT2D eigenvalue weighted by Crippen LogP contribution is -2.22. The minimum Gasteiger partial charge on any atom is -0.372 e. The van der Waals surface area contributed by atoms with E-state index < -0.39 is 5.60 Å². The van der Waals surface area contributed by atoms with Gasteiger partial charge in [0.25, 0.3) is 0 Å². The maximum atomic E-state index is 11.4. The SMILES string of the molecule is CCc1nc(C(C)(C)OC)c(C(C)=O)[nH]1. The maximum Gasteiger partial charge on any atom is 0.177 e. The van der Waals surface area contributed by atoms with Gasteiger partial charge >= 0.3 is 0 Å². The Balaban J connectivity index is 3.26. The van der Waals surface area contributed by atoms with Gasteiger partial charge in [-0.15, -0.1) is 0 Å². The standard InChI is InChI=1S/C11H18N2O2/c1-6-8-12-9(7(2)14)10(13-8)11(3,4)15-5/h6H2,1-5H3,(H,12,13). The van der Waals surface area contributed by atoms with Gasteiger partial charge in [0.2, 0.25) is 0 Å². The number of nitrogens with zero attached hydrogens (tertiary/aromatic N) is 1. The number of Topliss-reactive ketones (excluding diaryl/α,β-unsaturated/α-hetero) is 1. The monoisotopic (exact) mass is 210 g/mol. The molecule has 4 heteroatoms. The highest BCUT2D eigenvalue weighted by Crippen LogP contribution is 2.25. The molecule has 0 aliphatic carbocycles. The van der Waals surface area contributed by atoms with E-state index in [9.17, 15) is 4.79 Å². The van der Waals surface area contributed by atoms with Gasteiger partial charge in [-0.25, -0.2) is 4.98 Å². The van der Waals surface area contributed by atoms with E-state index in [2.05, 4.69) is 9.97 Å². The van der Waals surface area contributed by atoms with Crippen LogP contribution in [0, 0.1) is 0 Å². The smallest absolute Gasteiger partial charge is 0.177 e. The Morgan fingerprint density at radius 3 is 2.53 bits per heavy atom. The van der Waals surface area contributed by atoms with Crippen molar-refractivity contribution in [2.75, 3.05) is 7.11 Å². The first-order valence-electron chi connectivity index (χ1n) is 5.07. The highest BCUT2D eigenvalue weighted by molar-refractivity contribution is 5.93. The van der Waals surface area contributed by atoms with Crippen molar-refractivity contribution in [2.45, 2.75) is 39.7 Å². The fourth-order valence-electron chi connectivity index (χ4n) is 1.38. The molecular formula is C11H18N2O2. The van der Waals surface area contributed by atoms with Gasteiger partial charge in [-0.3, -0.25) is 4.79 Å². The highest BCUT2D eigenvalue weighted by Gasteiger charge is 2.28. The second-order valence-electron chi connectivity index (χ2n) is 4.03. The number of hydrogen-bond acceptors (Lipinski definition) is 3. The van der Waals surface area contributed by atoms with E-state index >= 15 is 0 Å². The Bertz CT molecular complexity index is 367. The van der Waals surface area contributed by atoms with Gasteiger partial charge in [-0.1, -0.05) is 6.92 Å². The fourth-order valence-corrected chi connectivity index (χ4v) is 1.38. The van der Waals surface area contributed by atoms with Crippen LogP contribution in [0.3, 0.4) is 0 Å². The number of carbonyl (C=O) groups is 1. The molecule has 0 fully saturated rings. The van der Waals surface area contributed by atoms with Gasteiger partial charge in [0, 0.05) is 20.5 Å². The van der Waals surface area contributed by atoms with Crippen LogP contribution in [0.5, 0.6) is 0 Å². The summed E-state index contributed by atoms with van der Waals surface area (Å²) in [5, 5.41) is 0. The van der Waals surface area contributed by atoms with Gasteiger partial charge in [-0.05, 0) is 13.8 Å². The van der Waals surface area contributed by atoms with E-state index in [1.807, 2.05) is 20.8 Å². The van der Waals surface area contributed by atoms with Crippen molar-refractivity contribution in [3.8, 4) is 0 Å². The molecule has 0 spiro atoms. The van der Waals surface area contributed by atoms with Crippen LogP contribution in [0.2, 0.25) is 0 Å². The number of hydrogen-bond donors (Lipinski definition) is 1. The number of ether oxygens (including phenoxy) is 1. The summed E-state index contributed by atoms with van der Waals surface area (Å²) in [6.07, 6.45) is 0.778. The number of imidazole rings is 1. The zero-order chi connectivity index (χ0) is 11.6. The summed E-state index contributed by atoms with van der Waals surface area (Å²) in [4.78, 5) is 18.9. The molecule has 4 nitrogen and oxygen atoms in total. The summed E-state index contributed by atoms with van der Waals surface area (Å²) in [6, 6.07) is 0. The molecule has 84 valence electrons. The quantitative estimate of drug-likeness (QED) is 0.774. The summed E-state index contributed by atoms with van der Waals surface area (Å²) in [5.41, 5.74) is 0.707. The number of methoxy groups -OCH3 is 1. The molecule has 0 amide bonds. The van der Waals surface area contributed by atoms with Gasteiger partial charge < -0.3 is 9.72 Å². The fraction of sp³-hybridized carbons (Fsp3) is 0.636. The number of rotatable bonds is 4. The van der Waals surface area contributed by atoms with Gasteiger partial charge in [0.15, 0.2) is 5.78 Å². The molecule has 0 saturated carbocycles. The lowest BCUT2D eigenvalue weighted by Gasteiger charge is -2.21. The van der Waals surface area contributed by atoms with Gasteiger partial charge in [-0.2, -0.15) is 0 Å². The molecule has 1 aromatic rings. The second-order valence-corrected chi connectivity index (χ2v) is 4.03. The number of H-pyrrole nitrogens is 1. The average Bonchev–Trinajstić information content (AvgIpc) is 2.62. The summed E-state index contributed by atoms with van der Waals surface area (Å²) in [6.45, 7) is 7.32. The van der Waals surface area contributed by atoms with E-state index in [0.29, 0.717) is 11.4 Å². The molecule has 1 aromatic heterocycles. The molecule has 1 N–H and O–H groups in total. The molecule has 1 rings (SSSR count). The third-order valence-electron chi connectivity index (χ3n) is 2.52. The Morgan fingerprint density at radius 2 is 2.13 bits per heavy atom. The molecular weight excluding hydrogens is 192 g/mol. The van der Waals surface area contributed by atoms with Crippen molar-refractivity contribution >= 4 is 5.78 Å². The first-order chi connectivity index (χ1) is 6.92. The Morgan fingerprint density at radius 1 is 1.53 bits per heavy atom. The van der Waals surface area contributed by atoms with Crippen molar-refractivity contribution in [1.29, 1.82) is 0 Å². The van der Waals surface area contributed by atoms with Crippen LogP contribution >= 0.6 is 0 Å². The maximum absolute atomic E-state index is 11.4. The van der Waals surface area contributed by atoms with Crippen LogP contribution in [0.1, 0.15) is 49.7 Å². The minimum atomic E-state index is -0.537. The van der Waals surface area contributed by atoms with Crippen LogP contribution in [0.4, 0.5) is 0 Å². The number of aromatic amines is 1. The number of nitrogens with one attached hydrogen (secondary N) is 1. The molecule has 0 unspecified atom stereocenters. The molecule has 0 aliphatic rings. The number of ketones is 1. The van der Waals surface area contributed by atoms with Crippen molar-refractivity contribution in [3.05, 3.63) is 17.2 Å². The van der Waals surface area contributed by atoms with Crippen molar-refractivity contribution in [2.24, 2.45) is 0 Å². The van der Waals surface area contributed by atoms with Crippen LogP contribution in [0.25, 0.3) is 0 Å². The van der Waals surface area contributed by atoms with E-state index in [1.54, 1.807) is 7.11 Å². The summed E-state index contributed by atoms with van der Waals surface area (Å²) in [5.74, 6) is 0.808. The molecule has 0 bridgehead atoms. The third-order valence-corrected chi connectivity index (χ3v) is 2.52. The normalized spacial score (nSPS) is 11.8. The van der Waals surface area contributed by atoms with Crippen LogP contribution in [-0.2, 0) is 16.8 Å². The predicted octanol–water partition coefficient (Wildman–Crippen LogP) is 2.06. The average molecular weight is 210 g/mol. The Labute approximate surface area is 90.1 Å². The summed E-state index contributed by atoms with van der Waals surface area (Å²) < 4.78 is 5.34. The molecule has 0 aromatic carbocycles. The topological polar surface area (TPSA) is 55.0 Å². The first kappa shape index (κ1) is 11.9. The molecule has 0 saturated heterocycles. The first-order valence-corrected chi connectivity index (χ1v) is 5.07. The minimum absolute atomic E-state index is 0.0117. The van der Waals surface area contributed by atoms with Gasteiger partial charge in [0.05, 0.1) is 0 Å². The lowest BCUT2D eigenvalue weighted by molar-refractivity contribution is 0.0150. The number of aryl methyl sites for hydroxylation is 1. The van der Waals surface area contributed by atoms with Crippen LogP contribution in [0.15, 0.2) is 0 Å². The van der Waals surface area contributed by atoms with Crippen LogP contribution < -0.4 is 0 Å². The van der Waals surface area contributed by atoms with Crippen molar-refractivity contribution in [3.63, 3.8) is 0 Å². The highest BCUT2D eigenvalue weighted by atomic mass is 16.5. The van der Waals surface area contributed by atoms with E-state index in [-0.39, 0.29) is 5.78 Å². The van der Waals surface area contributed by atoms with E-state index in [1.165, 1.54) is 6.92 Å². The Hall–Kier alpha value is -1.16. The van der Waals surface area contributed by atoms with Crippen LogP contribution in [-0.4, -0.2) is 22.9 Å². The lowest BCUT2D eigenvalue weighted by atomic mass is 10.0. The van der Waals surface area contributed by atoms with E-state index in [4.69, 9.17) is 4.74 Å². The van der Waals surface area contributed by atoms with Gasteiger partial charge in [0.1, 0.15) is 22.8 Å². The summed E-state index contributed by atoms with van der Waals surface area (Å²) in [7, 11) is 1.62. The number of aromatic nitrogens is 2. The molecule has 15 heavy (non-hydrogen) atoms. The molecule has 1 heterocycles. The Kier molecular flexibility index (Phi) is 3.29. The van der Waals surface area contributed by atoms with Crippen molar-refractivity contribution in [1.82, 2.24) is 9.97 Å². The third kappa shape index (κ3) is 2.26. The summed E-state index contributed by atoms with van der Waals surface area (Å²) >= 11 is 0. The molecule has 0 aliphatic heterocycles.